The maximum absolute atomic E-state index is 11.7. The number of carbonyl (C=O) groups excluding carboxylic acids is 1. The van der Waals surface area contributed by atoms with Gasteiger partial charge in [-0.3, -0.25) is 4.90 Å². The molecule has 2 rings (SSSR count). The number of ether oxygens (including phenoxy) is 1. The number of hydrogen-bond acceptors (Lipinski definition) is 2. The molecule has 0 radical (unpaired) electrons. The molecule has 1 aromatic carbocycles. The molecule has 1 fully saturated rings. The number of hydrogen-bond donors (Lipinski definition) is 0. The van der Waals surface area contributed by atoms with Crippen molar-refractivity contribution in [3.8, 4) is 0 Å². The third-order valence-electron chi connectivity index (χ3n) is 2.88. The summed E-state index contributed by atoms with van der Waals surface area (Å²) < 4.78 is 6.00. The molecule has 1 amide bonds. The molecule has 2 atom stereocenters. The molecule has 1 aromatic rings. The van der Waals surface area contributed by atoms with Crippen molar-refractivity contribution in [2.45, 2.75) is 19.0 Å². The van der Waals surface area contributed by atoms with Crippen molar-refractivity contribution >= 4 is 28.7 Å². The first-order valence-electron chi connectivity index (χ1n) is 5.30. The van der Waals surface area contributed by atoms with Gasteiger partial charge < -0.3 is 4.74 Å². The highest BCUT2D eigenvalue weighted by molar-refractivity contribution is 14.1. The maximum Gasteiger partial charge on any atom is 0.410 e. The molecule has 1 heterocycles. The van der Waals surface area contributed by atoms with Crippen LogP contribution >= 0.6 is 22.6 Å². The molecule has 0 bridgehead atoms. The number of benzene rings is 1. The van der Waals surface area contributed by atoms with Crippen molar-refractivity contribution in [1.29, 1.82) is 0 Å². The van der Waals surface area contributed by atoms with Gasteiger partial charge in [-0.15, -0.1) is 0 Å². The Morgan fingerprint density at radius 1 is 1.50 bits per heavy atom. The van der Waals surface area contributed by atoms with Gasteiger partial charge in [0.15, 0.2) is 0 Å². The summed E-state index contributed by atoms with van der Waals surface area (Å²) in [6.45, 7) is 2.56. The van der Waals surface area contributed by atoms with Gasteiger partial charge in [-0.25, -0.2) is 4.79 Å². The Kier molecular flexibility index (Phi) is 3.68. The van der Waals surface area contributed by atoms with Gasteiger partial charge >= 0.3 is 6.09 Å². The van der Waals surface area contributed by atoms with Crippen LogP contribution < -0.4 is 0 Å². The Bertz CT molecular complexity index is 369. The normalized spacial score (nSPS) is 22.0. The van der Waals surface area contributed by atoms with E-state index < -0.39 is 0 Å². The molecule has 0 spiro atoms. The first-order chi connectivity index (χ1) is 7.74. The van der Waals surface area contributed by atoms with Crippen molar-refractivity contribution < 1.29 is 9.53 Å². The molecule has 86 valence electrons. The van der Waals surface area contributed by atoms with Crippen LogP contribution in [0.4, 0.5) is 4.79 Å². The zero-order chi connectivity index (χ0) is 11.5. The molecule has 16 heavy (non-hydrogen) atoms. The number of cyclic esters (lactones) is 1. The van der Waals surface area contributed by atoms with Gasteiger partial charge in [-0.05, 0) is 12.5 Å². The Labute approximate surface area is 109 Å². The van der Waals surface area contributed by atoms with Gasteiger partial charge in [0, 0.05) is 4.43 Å². The van der Waals surface area contributed by atoms with E-state index in [2.05, 4.69) is 22.6 Å². The molecule has 0 N–H and O–H groups in total. The largest absolute Gasteiger partial charge is 0.447 e. The third-order valence-corrected chi connectivity index (χ3v) is 3.90. The molecular formula is C12H14INO2. The summed E-state index contributed by atoms with van der Waals surface area (Å²) in [6, 6.07) is 10.3. The van der Waals surface area contributed by atoms with Crippen LogP contribution in [0.5, 0.6) is 0 Å². The average molecular weight is 331 g/mol. The van der Waals surface area contributed by atoms with Crippen molar-refractivity contribution in [2.24, 2.45) is 0 Å². The van der Waals surface area contributed by atoms with Gasteiger partial charge in [0.25, 0.3) is 0 Å². The summed E-state index contributed by atoms with van der Waals surface area (Å²) in [6.07, 6.45) is -0.196. The second-order valence-corrected chi connectivity index (χ2v) is 4.76. The smallest absolute Gasteiger partial charge is 0.410 e. The van der Waals surface area contributed by atoms with E-state index in [1.165, 1.54) is 0 Å². The van der Waals surface area contributed by atoms with Crippen LogP contribution in [0, 0.1) is 0 Å². The zero-order valence-corrected chi connectivity index (χ0v) is 11.3. The summed E-state index contributed by atoms with van der Waals surface area (Å²) in [7, 11) is 0. The van der Waals surface area contributed by atoms with Crippen LogP contribution in [0.2, 0.25) is 0 Å². The van der Waals surface area contributed by atoms with Crippen molar-refractivity contribution in [3.05, 3.63) is 35.9 Å². The van der Waals surface area contributed by atoms with Gasteiger partial charge in [-0.1, -0.05) is 52.9 Å². The first kappa shape index (κ1) is 11.7. The monoisotopic (exact) mass is 331 g/mol. The van der Waals surface area contributed by atoms with E-state index in [-0.39, 0.29) is 18.2 Å². The molecule has 1 aliphatic heterocycles. The molecule has 1 aliphatic rings. The lowest BCUT2D eigenvalue weighted by atomic mass is 10.1. The number of halogens is 1. The fraction of sp³-hybridized carbons (Fsp3) is 0.417. The SMILES string of the molecule is C[C@@H](c1ccccc1)N1C(=O)OC[C@@H]1CI. The maximum atomic E-state index is 11.7. The molecule has 0 aliphatic carbocycles. The number of rotatable bonds is 3. The minimum atomic E-state index is -0.196. The minimum absolute atomic E-state index is 0.0796. The van der Waals surface area contributed by atoms with Crippen LogP contribution in [0.1, 0.15) is 18.5 Å². The predicted octanol–water partition coefficient (Wildman–Crippen LogP) is 3.00. The van der Waals surface area contributed by atoms with Gasteiger partial charge in [0.05, 0.1) is 12.1 Å². The highest BCUT2D eigenvalue weighted by atomic mass is 127. The van der Waals surface area contributed by atoms with Crippen molar-refractivity contribution in [2.75, 3.05) is 11.0 Å². The minimum Gasteiger partial charge on any atom is -0.447 e. The second kappa shape index (κ2) is 5.03. The standard InChI is InChI=1S/C12H14INO2/c1-9(10-5-3-2-4-6-10)14-11(7-13)8-16-12(14)15/h2-6,9,11H,7-8H2,1H3/t9-,11-/m0/s1. The van der Waals surface area contributed by atoms with Crippen LogP contribution in [0.3, 0.4) is 0 Å². The van der Waals surface area contributed by atoms with Gasteiger partial charge in [0.2, 0.25) is 0 Å². The Morgan fingerprint density at radius 2 is 2.19 bits per heavy atom. The second-order valence-electron chi connectivity index (χ2n) is 3.88. The zero-order valence-electron chi connectivity index (χ0n) is 9.10. The summed E-state index contributed by atoms with van der Waals surface area (Å²) in [5.41, 5.74) is 1.15. The summed E-state index contributed by atoms with van der Waals surface area (Å²) in [5, 5.41) is 0. The molecule has 0 unspecified atom stereocenters. The van der Waals surface area contributed by atoms with E-state index in [0.717, 1.165) is 9.99 Å². The Hall–Kier alpha value is -0.780. The van der Waals surface area contributed by atoms with E-state index in [4.69, 9.17) is 4.74 Å². The first-order valence-corrected chi connectivity index (χ1v) is 6.82. The topological polar surface area (TPSA) is 29.5 Å². The quantitative estimate of drug-likeness (QED) is 0.629. The van der Waals surface area contributed by atoms with Crippen molar-refractivity contribution in [3.63, 3.8) is 0 Å². The molecule has 0 saturated carbocycles. The molecule has 1 saturated heterocycles. The third kappa shape index (κ3) is 2.16. The molecule has 0 aromatic heterocycles. The van der Waals surface area contributed by atoms with Crippen molar-refractivity contribution in [1.82, 2.24) is 4.90 Å². The van der Waals surface area contributed by atoms with Gasteiger partial charge in [0.1, 0.15) is 6.61 Å². The Balaban J connectivity index is 2.20. The van der Waals surface area contributed by atoms with E-state index >= 15 is 0 Å². The number of carbonyl (C=O) groups is 1. The summed E-state index contributed by atoms with van der Waals surface area (Å²) in [4.78, 5) is 13.5. The summed E-state index contributed by atoms with van der Waals surface area (Å²) in [5.74, 6) is 0. The summed E-state index contributed by atoms with van der Waals surface area (Å²) >= 11 is 2.29. The lowest BCUT2D eigenvalue weighted by Gasteiger charge is -2.27. The van der Waals surface area contributed by atoms with Crippen LogP contribution in [-0.2, 0) is 4.74 Å². The molecular weight excluding hydrogens is 317 g/mol. The highest BCUT2D eigenvalue weighted by Gasteiger charge is 2.35. The van der Waals surface area contributed by atoms with Crippen LogP contribution in [-0.4, -0.2) is 28.1 Å². The number of amides is 1. The molecule has 4 heteroatoms. The fourth-order valence-electron chi connectivity index (χ4n) is 1.96. The predicted molar refractivity (Wildman–Crippen MR) is 70.7 cm³/mol. The highest BCUT2D eigenvalue weighted by Crippen LogP contribution is 2.27. The van der Waals surface area contributed by atoms with E-state index in [0.29, 0.717) is 6.61 Å². The number of nitrogens with zero attached hydrogens (tertiary/aromatic N) is 1. The number of alkyl halides is 1. The lowest BCUT2D eigenvalue weighted by molar-refractivity contribution is 0.148. The van der Waals surface area contributed by atoms with E-state index in [1.807, 2.05) is 42.2 Å². The van der Waals surface area contributed by atoms with E-state index in [1.54, 1.807) is 0 Å². The van der Waals surface area contributed by atoms with Crippen LogP contribution in [0.15, 0.2) is 30.3 Å². The van der Waals surface area contributed by atoms with Gasteiger partial charge in [-0.2, -0.15) is 0 Å². The lowest BCUT2D eigenvalue weighted by Crippen LogP contribution is -2.36. The average Bonchev–Trinajstić information content (AvgIpc) is 2.70. The fourth-order valence-corrected chi connectivity index (χ4v) is 2.64. The van der Waals surface area contributed by atoms with Crippen LogP contribution in [0.25, 0.3) is 0 Å². The Morgan fingerprint density at radius 3 is 2.81 bits per heavy atom. The van der Waals surface area contributed by atoms with E-state index in [9.17, 15) is 4.79 Å². The molecule has 3 nitrogen and oxygen atoms in total.